The van der Waals surface area contributed by atoms with Crippen LogP contribution in [0.5, 0.6) is 0 Å². The van der Waals surface area contributed by atoms with Gasteiger partial charge >= 0.3 is 6.09 Å². The molecule has 0 aromatic rings. The molecule has 92 valence electrons. The number of hydrogen-bond acceptors (Lipinski definition) is 2. The molecule has 1 rings (SSSR count). The van der Waals surface area contributed by atoms with Crippen LogP contribution < -0.4 is 5.32 Å². The highest BCUT2D eigenvalue weighted by atomic mass is 127. The van der Waals surface area contributed by atoms with Gasteiger partial charge < -0.3 is 10.1 Å². The Morgan fingerprint density at radius 3 is 2.75 bits per heavy atom. The maximum atomic E-state index is 11.1. The molecular formula is C12H20INO2. The predicted molar refractivity (Wildman–Crippen MR) is 73.7 cm³/mol. The van der Waals surface area contributed by atoms with Gasteiger partial charge in [-0.1, -0.05) is 39.2 Å². The first-order chi connectivity index (χ1) is 7.65. The van der Waals surface area contributed by atoms with E-state index in [0.29, 0.717) is 0 Å². The van der Waals surface area contributed by atoms with Gasteiger partial charge in [-0.25, -0.2) is 4.79 Å². The Hall–Kier alpha value is -0.260. The molecule has 0 saturated carbocycles. The van der Waals surface area contributed by atoms with Crippen molar-refractivity contribution in [2.45, 2.75) is 57.6 Å². The highest BCUT2D eigenvalue weighted by molar-refractivity contribution is 14.1. The van der Waals surface area contributed by atoms with Crippen molar-refractivity contribution in [1.29, 1.82) is 0 Å². The van der Waals surface area contributed by atoms with E-state index in [-0.39, 0.29) is 18.2 Å². The molecule has 1 fully saturated rings. The smallest absolute Gasteiger partial charge is 0.408 e. The van der Waals surface area contributed by atoms with Crippen LogP contribution in [-0.2, 0) is 4.74 Å². The quantitative estimate of drug-likeness (QED) is 0.567. The maximum absolute atomic E-state index is 11.1. The Labute approximate surface area is 111 Å². The van der Waals surface area contributed by atoms with Crippen LogP contribution >= 0.6 is 22.6 Å². The summed E-state index contributed by atoms with van der Waals surface area (Å²) in [4.78, 5) is 11.1. The molecular weight excluding hydrogens is 317 g/mol. The fourth-order valence-corrected chi connectivity index (χ4v) is 2.47. The van der Waals surface area contributed by atoms with Crippen LogP contribution in [0.1, 0.15) is 45.4 Å². The predicted octanol–water partition coefficient (Wildman–Crippen LogP) is 3.77. The number of ether oxygens (including phenoxy) is 1. The molecule has 0 unspecified atom stereocenters. The molecule has 0 aromatic carbocycles. The number of cyclic esters (lactones) is 1. The molecule has 1 aliphatic rings. The first-order valence-electron chi connectivity index (χ1n) is 5.96. The molecule has 0 spiro atoms. The minimum absolute atomic E-state index is 0.000671. The molecule has 0 radical (unpaired) electrons. The van der Waals surface area contributed by atoms with Crippen molar-refractivity contribution in [3.63, 3.8) is 0 Å². The number of amides is 1. The molecule has 0 bridgehead atoms. The molecule has 1 aliphatic heterocycles. The van der Waals surface area contributed by atoms with Gasteiger partial charge in [-0.15, -0.1) is 0 Å². The fraction of sp³-hybridized carbons (Fsp3) is 0.750. The minimum Gasteiger partial charge on any atom is -0.444 e. The summed E-state index contributed by atoms with van der Waals surface area (Å²) >= 11 is 2.15. The normalized spacial score (nSPS) is 24.0. The zero-order chi connectivity index (χ0) is 12.0. The molecule has 1 saturated heterocycles. The third-order valence-corrected chi connectivity index (χ3v) is 3.50. The van der Waals surface area contributed by atoms with Crippen molar-refractivity contribution < 1.29 is 9.53 Å². The number of alkyl carbamates (subject to hydrolysis) is 1. The van der Waals surface area contributed by atoms with Crippen molar-refractivity contribution in [1.82, 2.24) is 5.32 Å². The number of hydrogen-bond donors (Lipinski definition) is 1. The molecule has 2 atom stereocenters. The zero-order valence-corrected chi connectivity index (χ0v) is 12.0. The molecule has 1 heterocycles. The van der Waals surface area contributed by atoms with E-state index in [1.807, 2.05) is 0 Å². The van der Waals surface area contributed by atoms with Crippen LogP contribution in [0.2, 0.25) is 0 Å². The Bertz CT molecular complexity index is 255. The van der Waals surface area contributed by atoms with E-state index in [1.54, 1.807) is 0 Å². The van der Waals surface area contributed by atoms with E-state index in [2.05, 4.69) is 41.4 Å². The standard InChI is InChI=1S/C12H20INO2/c1-3-4-5-6-7-8-10-11(9(2)13)14-12(15)16-10/h10-11H,2-8H2,1H3,(H,14,15)/t10-,11-/m1/s1. The summed E-state index contributed by atoms with van der Waals surface area (Å²) in [5, 5.41) is 2.79. The number of carbonyl (C=O) groups excluding carboxylic acids is 1. The summed E-state index contributed by atoms with van der Waals surface area (Å²) in [5.41, 5.74) is 0. The average Bonchev–Trinajstić information content (AvgIpc) is 2.59. The first kappa shape index (κ1) is 13.8. The lowest BCUT2D eigenvalue weighted by atomic mass is 10.0. The Balaban J connectivity index is 2.24. The van der Waals surface area contributed by atoms with E-state index >= 15 is 0 Å². The lowest BCUT2D eigenvalue weighted by Crippen LogP contribution is -2.31. The Morgan fingerprint density at radius 2 is 2.12 bits per heavy atom. The third kappa shape index (κ3) is 4.31. The van der Waals surface area contributed by atoms with Gasteiger partial charge in [-0.3, -0.25) is 0 Å². The van der Waals surface area contributed by atoms with Crippen molar-refractivity contribution in [2.75, 3.05) is 0 Å². The van der Waals surface area contributed by atoms with Gasteiger partial charge in [0.05, 0.1) is 6.04 Å². The Kier molecular flexibility index (Phi) is 6.16. The summed E-state index contributed by atoms with van der Waals surface area (Å²) in [5.74, 6) is 0. The number of nitrogens with one attached hydrogen (secondary N) is 1. The lowest BCUT2D eigenvalue weighted by Gasteiger charge is -2.15. The van der Waals surface area contributed by atoms with Crippen molar-refractivity contribution in [3.05, 3.63) is 10.2 Å². The van der Waals surface area contributed by atoms with Crippen LogP contribution in [0.4, 0.5) is 4.79 Å². The van der Waals surface area contributed by atoms with Crippen LogP contribution in [0, 0.1) is 0 Å². The van der Waals surface area contributed by atoms with Crippen molar-refractivity contribution in [2.24, 2.45) is 0 Å². The Morgan fingerprint density at radius 1 is 1.44 bits per heavy atom. The van der Waals surface area contributed by atoms with Crippen LogP contribution in [0.3, 0.4) is 0 Å². The van der Waals surface area contributed by atoms with Gasteiger partial charge in [0, 0.05) is 3.58 Å². The van der Waals surface area contributed by atoms with E-state index in [4.69, 9.17) is 4.74 Å². The second kappa shape index (κ2) is 7.14. The lowest BCUT2D eigenvalue weighted by molar-refractivity contribution is 0.128. The van der Waals surface area contributed by atoms with Crippen LogP contribution in [0.15, 0.2) is 10.2 Å². The number of unbranched alkanes of at least 4 members (excludes halogenated alkanes) is 4. The first-order valence-corrected chi connectivity index (χ1v) is 7.04. The van der Waals surface area contributed by atoms with Gasteiger partial charge in [0.25, 0.3) is 0 Å². The van der Waals surface area contributed by atoms with Gasteiger partial charge in [0.15, 0.2) is 0 Å². The monoisotopic (exact) mass is 337 g/mol. The number of rotatable bonds is 7. The molecule has 0 aliphatic carbocycles. The molecule has 16 heavy (non-hydrogen) atoms. The highest BCUT2D eigenvalue weighted by Crippen LogP contribution is 2.24. The number of carbonyl (C=O) groups is 1. The molecule has 1 amide bonds. The van der Waals surface area contributed by atoms with E-state index < -0.39 is 0 Å². The third-order valence-electron chi connectivity index (χ3n) is 2.83. The zero-order valence-electron chi connectivity index (χ0n) is 9.80. The van der Waals surface area contributed by atoms with E-state index in [1.165, 1.54) is 25.7 Å². The minimum atomic E-state index is -0.304. The molecule has 3 nitrogen and oxygen atoms in total. The second-order valence-electron chi connectivity index (χ2n) is 4.22. The topological polar surface area (TPSA) is 38.3 Å². The van der Waals surface area contributed by atoms with Crippen LogP contribution in [-0.4, -0.2) is 18.2 Å². The fourth-order valence-electron chi connectivity index (χ4n) is 1.91. The van der Waals surface area contributed by atoms with Gasteiger partial charge in [0.2, 0.25) is 0 Å². The molecule has 4 heteroatoms. The summed E-state index contributed by atoms with van der Waals surface area (Å²) in [6, 6.07) is -0.000671. The van der Waals surface area contributed by atoms with Gasteiger partial charge in [-0.2, -0.15) is 0 Å². The molecule has 0 aromatic heterocycles. The van der Waals surface area contributed by atoms with Crippen molar-refractivity contribution in [3.8, 4) is 0 Å². The van der Waals surface area contributed by atoms with Crippen LogP contribution in [0.25, 0.3) is 0 Å². The van der Waals surface area contributed by atoms with Crippen molar-refractivity contribution >= 4 is 28.7 Å². The molecule has 1 N–H and O–H groups in total. The average molecular weight is 337 g/mol. The summed E-state index contributed by atoms with van der Waals surface area (Å²) in [6.07, 6.45) is 6.80. The number of halogens is 1. The largest absolute Gasteiger partial charge is 0.444 e. The maximum Gasteiger partial charge on any atom is 0.408 e. The summed E-state index contributed by atoms with van der Waals surface area (Å²) < 4.78 is 6.17. The van der Waals surface area contributed by atoms with E-state index in [0.717, 1.165) is 16.4 Å². The van der Waals surface area contributed by atoms with E-state index in [9.17, 15) is 4.79 Å². The SMILES string of the molecule is C=C(I)[C@H]1NC(=O)O[C@@H]1CCCCCCC. The summed E-state index contributed by atoms with van der Waals surface area (Å²) in [7, 11) is 0. The second-order valence-corrected chi connectivity index (χ2v) is 5.60. The van der Waals surface area contributed by atoms with Gasteiger partial charge in [-0.05, 0) is 35.4 Å². The van der Waals surface area contributed by atoms with Gasteiger partial charge in [0.1, 0.15) is 6.10 Å². The highest BCUT2D eigenvalue weighted by Gasteiger charge is 2.34. The summed E-state index contributed by atoms with van der Waals surface area (Å²) in [6.45, 7) is 6.08.